The van der Waals surface area contributed by atoms with Gasteiger partial charge in [0.1, 0.15) is 0 Å². The average Bonchev–Trinajstić information content (AvgIpc) is 2.76. The molecule has 1 aliphatic rings. The first-order valence-corrected chi connectivity index (χ1v) is 6.30. The Bertz CT molecular complexity index is 588. The Kier molecular flexibility index (Phi) is 2.80. The van der Waals surface area contributed by atoms with E-state index in [-0.39, 0.29) is 5.91 Å². The first-order chi connectivity index (χ1) is 8.79. The maximum Gasteiger partial charge on any atom is 0.236 e. The van der Waals surface area contributed by atoms with Crippen molar-refractivity contribution in [2.45, 2.75) is 13.0 Å². The molecule has 0 radical (unpaired) electrons. The molecule has 0 aliphatic carbocycles. The van der Waals surface area contributed by atoms with Crippen molar-refractivity contribution in [1.82, 2.24) is 15.2 Å². The number of hydrogen-bond donors (Lipinski definition) is 2. The minimum Gasteiger partial charge on any atom is -0.357 e. The molecular formula is C14H17N3O. The highest BCUT2D eigenvalue weighted by Gasteiger charge is 2.22. The van der Waals surface area contributed by atoms with Gasteiger partial charge in [-0.2, -0.15) is 0 Å². The predicted octanol–water partition coefficient (Wildman–Crippen LogP) is 1.27. The monoisotopic (exact) mass is 243 g/mol. The van der Waals surface area contributed by atoms with Gasteiger partial charge in [0.25, 0.3) is 0 Å². The molecule has 4 heteroatoms. The van der Waals surface area contributed by atoms with E-state index in [0.29, 0.717) is 13.1 Å². The highest BCUT2D eigenvalue weighted by molar-refractivity contribution is 5.85. The summed E-state index contributed by atoms with van der Waals surface area (Å²) in [7, 11) is 1.80. The van der Waals surface area contributed by atoms with E-state index < -0.39 is 0 Å². The molecule has 1 aliphatic heterocycles. The molecule has 2 heterocycles. The molecule has 0 saturated heterocycles. The Hall–Kier alpha value is -1.81. The molecule has 1 aromatic carbocycles. The van der Waals surface area contributed by atoms with Crippen LogP contribution in [0.3, 0.4) is 0 Å². The van der Waals surface area contributed by atoms with Crippen molar-refractivity contribution in [1.29, 1.82) is 0 Å². The first kappa shape index (κ1) is 11.3. The van der Waals surface area contributed by atoms with Crippen molar-refractivity contribution in [3.05, 3.63) is 35.5 Å². The molecule has 2 aromatic rings. The number of nitrogens with zero attached hydrogens (tertiary/aromatic N) is 1. The molecule has 1 aromatic heterocycles. The van der Waals surface area contributed by atoms with E-state index in [4.69, 9.17) is 0 Å². The lowest BCUT2D eigenvalue weighted by Gasteiger charge is -2.27. The summed E-state index contributed by atoms with van der Waals surface area (Å²) in [4.78, 5) is 17.2. The Morgan fingerprint density at radius 2 is 2.28 bits per heavy atom. The van der Waals surface area contributed by atoms with E-state index in [9.17, 15) is 4.79 Å². The molecule has 18 heavy (non-hydrogen) atoms. The Balaban J connectivity index is 1.91. The lowest BCUT2D eigenvalue weighted by molar-refractivity contribution is -0.131. The summed E-state index contributed by atoms with van der Waals surface area (Å²) >= 11 is 0. The number of hydrogen-bond acceptors (Lipinski definition) is 2. The Morgan fingerprint density at radius 3 is 3.11 bits per heavy atom. The van der Waals surface area contributed by atoms with Gasteiger partial charge in [-0.15, -0.1) is 0 Å². The quantitative estimate of drug-likeness (QED) is 0.834. The first-order valence-electron chi connectivity index (χ1n) is 6.30. The fraction of sp³-hybridized carbons (Fsp3) is 0.357. The molecule has 0 saturated carbocycles. The second-order valence-corrected chi connectivity index (χ2v) is 4.72. The van der Waals surface area contributed by atoms with Crippen molar-refractivity contribution in [2.75, 3.05) is 20.1 Å². The van der Waals surface area contributed by atoms with Crippen LogP contribution < -0.4 is 5.32 Å². The van der Waals surface area contributed by atoms with Gasteiger partial charge in [0.2, 0.25) is 5.91 Å². The molecule has 1 amide bonds. The SMILES string of the molecule is CNCC(=O)N1CCc2c([nH]c3ccccc23)C1. The number of benzene rings is 1. The molecule has 0 fully saturated rings. The van der Waals surface area contributed by atoms with Crippen LogP contribution in [0, 0.1) is 0 Å². The number of carbonyl (C=O) groups excluding carboxylic acids is 1. The fourth-order valence-corrected chi connectivity index (χ4v) is 2.67. The number of aromatic amines is 1. The van der Waals surface area contributed by atoms with Crippen LogP contribution in [0.15, 0.2) is 24.3 Å². The normalized spacial score (nSPS) is 14.8. The zero-order valence-electron chi connectivity index (χ0n) is 10.5. The number of carbonyl (C=O) groups is 1. The minimum atomic E-state index is 0.168. The molecule has 94 valence electrons. The van der Waals surface area contributed by atoms with Gasteiger partial charge < -0.3 is 15.2 Å². The van der Waals surface area contributed by atoms with Crippen LogP contribution in [0.2, 0.25) is 0 Å². The van der Waals surface area contributed by atoms with E-state index in [2.05, 4.69) is 28.5 Å². The van der Waals surface area contributed by atoms with Crippen LogP contribution in [0.5, 0.6) is 0 Å². The number of aromatic nitrogens is 1. The second-order valence-electron chi connectivity index (χ2n) is 4.72. The van der Waals surface area contributed by atoms with Crippen molar-refractivity contribution in [2.24, 2.45) is 0 Å². The van der Waals surface area contributed by atoms with E-state index in [1.807, 2.05) is 11.0 Å². The smallest absolute Gasteiger partial charge is 0.236 e. The minimum absolute atomic E-state index is 0.168. The number of fused-ring (bicyclic) bond motifs is 3. The summed E-state index contributed by atoms with van der Waals surface area (Å²) in [6.07, 6.45) is 0.939. The molecule has 0 bridgehead atoms. The van der Waals surface area contributed by atoms with Crippen LogP contribution in [0.4, 0.5) is 0 Å². The summed E-state index contributed by atoms with van der Waals surface area (Å²) in [5, 5.41) is 4.21. The summed E-state index contributed by atoms with van der Waals surface area (Å²) in [5.74, 6) is 0.168. The molecule has 0 atom stereocenters. The fourth-order valence-electron chi connectivity index (χ4n) is 2.67. The van der Waals surface area contributed by atoms with Crippen LogP contribution in [0.25, 0.3) is 10.9 Å². The van der Waals surface area contributed by atoms with E-state index in [1.54, 1.807) is 7.05 Å². The van der Waals surface area contributed by atoms with Crippen molar-refractivity contribution in [3.8, 4) is 0 Å². The average molecular weight is 243 g/mol. The predicted molar refractivity (Wildman–Crippen MR) is 71.3 cm³/mol. The highest BCUT2D eigenvalue weighted by atomic mass is 16.2. The zero-order chi connectivity index (χ0) is 12.5. The number of rotatable bonds is 2. The summed E-state index contributed by atoms with van der Waals surface area (Å²) in [6, 6.07) is 8.34. The van der Waals surface area contributed by atoms with Crippen LogP contribution >= 0.6 is 0 Å². The summed E-state index contributed by atoms with van der Waals surface area (Å²) in [5.41, 5.74) is 3.73. The third-order valence-electron chi connectivity index (χ3n) is 3.56. The van der Waals surface area contributed by atoms with Crippen LogP contribution in [-0.2, 0) is 17.8 Å². The van der Waals surface area contributed by atoms with Crippen molar-refractivity contribution in [3.63, 3.8) is 0 Å². The van der Waals surface area contributed by atoms with Crippen LogP contribution in [0.1, 0.15) is 11.3 Å². The van der Waals surface area contributed by atoms with Gasteiger partial charge in [-0.05, 0) is 25.1 Å². The second kappa shape index (κ2) is 4.46. The van der Waals surface area contributed by atoms with E-state index in [0.717, 1.165) is 13.0 Å². The number of para-hydroxylation sites is 1. The largest absolute Gasteiger partial charge is 0.357 e. The third kappa shape index (κ3) is 1.78. The molecular weight excluding hydrogens is 226 g/mol. The molecule has 2 N–H and O–H groups in total. The van der Waals surface area contributed by atoms with Gasteiger partial charge in [-0.25, -0.2) is 0 Å². The van der Waals surface area contributed by atoms with Gasteiger partial charge in [0.15, 0.2) is 0 Å². The lowest BCUT2D eigenvalue weighted by Crippen LogP contribution is -2.40. The Labute approximate surface area is 106 Å². The van der Waals surface area contributed by atoms with Crippen LogP contribution in [-0.4, -0.2) is 35.9 Å². The van der Waals surface area contributed by atoms with Gasteiger partial charge >= 0.3 is 0 Å². The molecule has 0 spiro atoms. The van der Waals surface area contributed by atoms with Gasteiger partial charge in [0.05, 0.1) is 13.1 Å². The van der Waals surface area contributed by atoms with Crippen molar-refractivity contribution >= 4 is 16.8 Å². The van der Waals surface area contributed by atoms with E-state index in [1.165, 1.54) is 22.2 Å². The lowest BCUT2D eigenvalue weighted by atomic mass is 10.0. The topological polar surface area (TPSA) is 48.1 Å². The number of nitrogens with one attached hydrogen (secondary N) is 2. The maximum absolute atomic E-state index is 11.9. The number of amides is 1. The highest BCUT2D eigenvalue weighted by Crippen LogP contribution is 2.27. The summed E-state index contributed by atoms with van der Waals surface area (Å²) in [6.45, 7) is 1.93. The van der Waals surface area contributed by atoms with Gasteiger partial charge in [-0.1, -0.05) is 18.2 Å². The third-order valence-corrected chi connectivity index (χ3v) is 3.56. The van der Waals surface area contributed by atoms with E-state index >= 15 is 0 Å². The van der Waals surface area contributed by atoms with Crippen molar-refractivity contribution < 1.29 is 4.79 Å². The van der Waals surface area contributed by atoms with Gasteiger partial charge in [0, 0.05) is 23.1 Å². The standard InChI is InChI=1S/C14H17N3O/c1-15-8-14(18)17-7-6-11-10-4-2-3-5-12(10)16-13(11)9-17/h2-5,15-16H,6-9H2,1H3. The maximum atomic E-state index is 11.9. The molecule has 0 unspecified atom stereocenters. The molecule has 4 nitrogen and oxygen atoms in total. The van der Waals surface area contributed by atoms with Gasteiger partial charge in [-0.3, -0.25) is 4.79 Å². The summed E-state index contributed by atoms with van der Waals surface area (Å²) < 4.78 is 0. The molecule has 3 rings (SSSR count). The number of likely N-dealkylation sites (N-methyl/N-ethyl adjacent to an activating group) is 1. The number of H-pyrrole nitrogens is 1. The Morgan fingerprint density at radius 1 is 1.44 bits per heavy atom. The zero-order valence-corrected chi connectivity index (χ0v) is 10.5.